The summed E-state index contributed by atoms with van der Waals surface area (Å²) in [7, 11) is 1.81. The highest BCUT2D eigenvalue weighted by Crippen LogP contribution is 2.10. The maximum atomic E-state index is 11.9. The lowest BCUT2D eigenvalue weighted by Crippen LogP contribution is -2.52. The Hall–Kier alpha value is -1.40. The molecule has 0 fully saturated rings. The highest BCUT2D eigenvalue weighted by molar-refractivity contribution is 5.86. The lowest BCUT2D eigenvalue weighted by molar-refractivity contribution is -0.903. The minimum atomic E-state index is -0.548. The number of quaternary nitrogens is 1. The van der Waals surface area contributed by atoms with Crippen molar-refractivity contribution in [1.82, 2.24) is 0 Å². The van der Waals surface area contributed by atoms with Crippen molar-refractivity contribution in [3.8, 4) is 0 Å². The van der Waals surface area contributed by atoms with Crippen LogP contribution in [0.1, 0.15) is 27.7 Å². The maximum Gasteiger partial charge on any atom is 0.362 e. The fraction of sp³-hybridized carbons (Fsp3) is 0.733. The van der Waals surface area contributed by atoms with Crippen LogP contribution < -0.4 is 0 Å². The normalized spacial score (nSPS) is 14.2. The van der Waals surface area contributed by atoms with Crippen LogP contribution in [-0.2, 0) is 19.1 Å². The number of likely N-dealkylation sites (N-methyl/N-ethyl adjacent to an activating group) is 1. The number of aliphatic hydroxyl groups excluding tert-OH is 1. The van der Waals surface area contributed by atoms with E-state index in [1.165, 1.54) is 0 Å². The highest BCUT2D eigenvalue weighted by atomic mass is 16.6. The van der Waals surface area contributed by atoms with E-state index in [9.17, 15) is 9.59 Å². The molecule has 0 amide bonds. The van der Waals surface area contributed by atoms with Crippen molar-refractivity contribution in [2.24, 2.45) is 0 Å². The number of rotatable bonds is 8. The first-order valence-electron chi connectivity index (χ1n) is 6.98. The molecule has 0 aliphatic carbocycles. The van der Waals surface area contributed by atoms with E-state index in [1.807, 2.05) is 7.05 Å². The summed E-state index contributed by atoms with van der Waals surface area (Å²) in [5.41, 5.74) is -0.216. The molecule has 0 aliphatic heterocycles. The maximum absolute atomic E-state index is 11.9. The van der Waals surface area contributed by atoms with Gasteiger partial charge in [-0.15, -0.1) is 0 Å². The smallest absolute Gasteiger partial charge is 0.362 e. The zero-order valence-electron chi connectivity index (χ0n) is 13.8. The largest absolute Gasteiger partial charge is 0.456 e. The first-order valence-corrected chi connectivity index (χ1v) is 6.98. The Morgan fingerprint density at radius 1 is 1.24 bits per heavy atom. The summed E-state index contributed by atoms with van der Waals surface area (Å²) >= 11 is 0. The van der Waals surface area contributed by atoms with E-state index in [4.69, 9.17) is 14.6 Å². The standard InChI is InChI=1S/C15H28NO5/c1-12(2)14(19)20-10-8-16(6,7-9-17)11-13(18)21-15(3,4)5/h17H,1,7-11H2,2-6H3/q+1. The Morgan fingerprint density at radius 3 is 2.24 bits per heavy atom. The van der Waals surface area contributed by atoms with Crippen LogP contribution in [0.15, 0.2) is 12.2 Å². The Morgan fingerprint density at radius 2 is 1.81 bits per heavy atom. The quantitative estimate of drug-likeness (QED) is 0.409. The van der Waals surface area contributed by atoms with Gasteiger partial charge in [0, 0.05) is 5.57 Å². The number of carbonyl (C=O) groups excluding carboxylic acids is 2. The second-order valence-corrected chi connectivity index (χ2v) is 6.45. The van der Waals surface area contributed by atoms with E-state index < -0.39 is 11.6 Å². The Kier molecular flexibility index (Phi) is 7.60. The van der Waals surface area contributed by atoms with Gasteiger partial charge in [-0.05, 0) is 27.7 Å². The average Bonchev–Trinajstić information content (AvgIpc) is 2.25. The van der Waals surface area contributed by atoms with Gasteiger partial charge in [-0.2, -0.15) is 0 Å². The van der Waals surface area contributed by atoms with Crippen molar-refractivity contribution in [2.45, 2.75) is 33.3 Å². The molecule has 0 aromatic carbocycles. The number of ether oxygens (including phenoxy) is 2. The SMILES string of the molecule is C=C(C)C(=O)OCC[N+](C)(CCO)CC(=O)OC(C)(C)C. The van der Waals surface area contributed by atoms with Crippen molar-refractivity contribution in [2.75, 3.05) is 39.9 Å². The van der Waals surface area contributed by atoms with Gasteiger partial charge in [0.05, 0.1) is 13.7 Å². The van der Waals surface area contributed by atoms with E-state index in [0.717, 1.165) is 0 Å². The molecule has 0 radical (unpaired) electrons. The molecule has 6 nitrogen and oxygen atoms in total. The number of hydrogen-bond donors (Lipinski definition) is 1. The summed E-state index contributed by atoms with van der Waals surface area (Å²) in [5, 5.41) is 9.15. The lowest BCUT2D eigenvalue weighted by Gasteiger charge is -2.33. The molecule has 0 spiro atoms. The van der Waals surface area contributed by atoms with Crippen LogP contribution in [0, 0.1) is 0 Å². The van der Waals surface area contributed by atoms with Crippen molar-refractivity contribution in [3.05, 3.63) is 12.2 Å². The number of aliphatic hydroxyl groups is 1. The molecule has 0 aromatic rings. The minimum Gasteiger partial charge on any atom is -0.456 e. The molecule has 1 atom stereocenters. The minimum absolute atomic E-state index is 0.0618. The summed E-state index contributed by atoms with van der Waals surface area (Å²) in [6.07, 6.45) is 0. The first kappa shape index (κ1) is 19.6. The van der Waals surface area contributed by atoms with Crippen LogP contribution in [-0.4, -0.2) is 67.0 Å². The molecule has 0 bridgehead atoms. The van der Waals surface area contributed by atoms with Gasteiger partial charge in [-0.3, -0.25) is 0 Å². The van der Waals surface area contributed by atoms with E-state index in [1.54, 1.807) is 27.7 Å². The van der Waals surface area contributed by atoms with E-state index >= 15 is 0 Å². The second-order valence-electron chi connectivity index (χ2n) is 6.45. The molecule has 0 heterocycles. The van der Waals surface area contributed by atoms with E-state index in [2.05, 4.69) is 6.58 Å². The van der Waals surface area contributed by atoms with Gasteiger partial charge in [-0.1, -0.05) is 6.58 Å². The molecule has 21 heavy (non-hydrogen) atoms. The van der Waals surface area contributed by atoms with Gasteiger partial charge >= 0.3 is 11.9 Å². The van der Waals surface area contributed by atoms with Crippen LogP contribution in [0.4, 0.5) is 0 Å². The third kappa shape index (κ3) is 9.20. The summed E-state index contributed by atoms with van der Waals surface area (Å²) in [6.45, 7) is 11.5. The molecule has 1 unspecified atom stereocenters. The third-order valence-electron chi connectivity index (χ3n) is 2.78. The van der Waals surface area contributed by atoms with Crippen LogP contribution in [0.2, 0.25) is 0 Å². The van der Waals surface area contributed by atoms with E-state index in [0.29, 0.717) is 18.7 Å². The molecule has 0 aliphatic rings. The third-order valence-corrected chi connectivity index (χ3v) is 2.78. The van der Waals surface area contributed by atoms with Gasteiger partial charge in [-0.25, -0.2) is 9.59 Å². The summed E-state index contributed by atoms with van der Waals surface area (Å²) in [5.74, 6) is -0.799. The second kappa shape index (κ2) is 8.14. The lowest BCUT2D eigenvalue weighted by atomic mass is 10.2. The van der Waals surface area contributed by atoms with Gasteiger partial charge in [0.15, 0.2) is 6.54 Å². The van der Waals surface area contributed by atoms with Crippen molar-refractivity contribution < 1.29 is 28.7 Å². The molecular formula is C15H28NO5+. The van der Waals surface area contributed by atoms with Crippen LogP contribution in [0.25, 0.3) is 0 Å². The van der Waals surface area contributed by atoms with Gasteiger partial charge in [0.1, 0.15) is 25.3 Å². The molecule has 0 aromatic heterocycles. The number of nitrogens with zero attached hydrogens (tertiary/aromatic N) is 1. The van der Waals surface area contributed by atoms with Gasteiger partial charge < -0.3 is 19.1 Å². The Bertz CT molecular complexity index is 386. The van der Waals surface area contributed by atoms with Gasteiger partial charge in [0.25, 0.3) is 0 Å². The van der Waals surface area contributed by atoms with Gasteiger partial charge in [0.2, 0.25) is 0 Å². The number of esters is 2. The molecule has 0 rings (SSSR count). The predicted molar refractivity (Wildman–Crippen MR) is 79.5 cm³/mol. The summed E-state index contributed by atoms with van der Waals surface area (Å²) in [6, 6.07) is 0. The van der Waals surface area contributed by atoms with E-state index in [-0.39, 0.29) is 30.2 Å². The Balaban J connectivity index is 4.51. The molecule has 1 N–H and O–H groups in total. The topological polar surface area (TPSA) is 72.8 Å². The van der Waals surface area contributed by atoms with Crippen LogP contribution in [0.3, 0.4) is 0 Å². The Labute approximate surface area is 126 Å². The summed E-state index contributed by atoms with van der Waals surface area (Å²) in [4.78, 5) is 23.2. The molecular weight excluding hydrogens is 274 g/mol. The fourth-order valence-corrected chi connectivity index (χ4v) is 1.68. The van der Waals surface area contributed by atoms with Crippen molar-refractivity contribution in [1.29, 1.82) is 0 Å². The highest BCUT2D eigenvalue weighted by Gasteiger charge is 2.28. The summed E-state index contributed by atoms with van der Waals surface area (Å²) < 4.78 is 10.6. The van der Waals surface area contributed by atoms with Crippen LogP contribution in [0.5, 0.6) is 0 Å². The average molecular weight is 302 g/mol. The van der Waals surface area contributed by atoms with Crippen molar-refractivity contribution in [3.63, 3.8) is 0 Å². The molecule has 0 saturated carbocycles. The fourth-order valence-electron chi connectivity index (χ4n) is 1.68. The van der Waals surface area contributed by atoms with Crippen molar-refractivity contribution >= 4 is 11.9 Å². The first-order chi connectivity index (χ1) is 9.49. The number of hydrogen-bond acceptors (Lipinski definition) is 5. The predicted octanol–water partition coefficient (Wildman–Crippen LogP) is 0.886. The zero-order chi connectivity index (χ0) is 16.7. The molecule has 122 valence electrons. The molecule has 6 heteroatoms. The monoisotopic (exact) mass is 302 g/mol. The zero-order valence-corrected chi connectivity index (χ0v) is 13.8. The van der Waals surface area contributed by atoms with Crippen LogP contribution >= 0.6 is 0 Å². The number of carbonyl (C=O) groups is 2. The molecule has 0 saturated heterocycles.